The summed E-state index contributed by atoms with van der Waals surface area (Å²) in [5.74, 6) is 5.30. The number of nitrogens with one attached hydrogen (secondary N) is 1. The summed E-state index contributed by atoms with van der Waals surface area (Å²) in [4.78, 5) is 4.46. The molecule has 0 amide bonds. The minimum absolute atomic E-state index is 0.526. The largest absolute Gasteiger partial charge is 0.317 e. The third kappa shape index (κ3) is 4.77. The number of hydrogen-bond acceptors (Lipinski definition) is 4. The van der Waals surface area contributed by atoms with E-state index in [1.165, 1.54) is 30.8 Å². The van der Waals surface area contributed by atoms with Crippen LogP contribution in [0.1, 0.15) is 38.9 Å². The van der Waals surface area contributed by atoms with E-state index in [-0.39, 0.29) is 0 Å². The topological polar surface area (TPSA) is 42.7 Å². The summed E-state index contributed by atoms with van der Waals surface area (Å²) >= 11 is 2.10. The van der Waals surface area contributed by atoms with Crippen molar-refractivity contribution in [1.29, 1.82) is 0 Å². The molecule has 2 heterocycles. The maximum atomic E-state index is 4.46. The highest BCUT2D eigenvalue weighted by molar-refractivity contribution is 7.99. The number of likely N-dealkylation sites (N-methyl/N-ethyl adjacent to an activating group) is 1. The molecule has 1 fully saturated rings. The highest BCUT2D eigenvalue weighted by atomic mass is 32.2. The Labute approximate surface area is 127 Å². The Hall–Kier alpha value is -0.550. The van der Waals surface area contributed by atoms with Crippen molar-refractivity contribution < 1.29 is 0 Å². The average molecular weight is 296 g/mol. The van der Waals surface area contributed by atoms with Crippen molar-refractivity contribution in [1.82, 2.24) is 20.1 Å². The first-order valence-corrected chi connectivity index (χ1v) is 8.96. The first-order valence-electron chi connectivity index (χ1n) is 7.80. The lowest BCUT2D eigenvalue weighted by molar-refractivity contribution is 0.364. The third-order valence-electron chi connectivity index (χ3n) is 4.03. The molecule has 114 valence electrons. The average Bonchev–Trinajstić information content (AvgIpc) is 2.85. The third-order valence-corrected chi connectivity index (χ3v) is 5.08. The zero-order valence-corrected chi connectivity index (χ0v) is 13.8. The van der Waals surface area contributed by atoms with Crippen LogP contribution in [0.2, 0.25) is 0 Å². The van der Waals surface area contributed by atoms with Crippen LogP contribution >= 0.6 is 11.8 Å². The molecule has 4 nitrogen and oxygen atoms in total. The van der Waals surface area contributed by atoms with Gasteiger partial charge in [-0.3, -0.25) is 0 Å². The van der Waals surface area contributed by atoms with Crippen molar-refractivity contribution in [2.75, 3.05) is 18.6 Å². The van der Waals surface area contributed by atoms with Gasteiger partial charge < -0.3 is 5.32 Å². The molecule has 1 atom stereocenters. The fourth-order valence-electron chi connectivity index (χ4n) is 2.85. The van der Waals surface area contributed by atoms with Gasteiger partial charge in [-0.1, -0.05) is 13.8 Å². The molecule has 0 saturated carbocycles. The standard InChI is InChI=1S/C15H28N4S/c1-12(2)10-19-15(17-11-18-19)9-14(16-3)8-13-4-6-20-7-5-13/h11-14,16H,4-10H2,1-3H3. The van der Waals surface area contributed by atoms with Crippen molar-refractivity contribution in [3.8, 4) is 0 Å². The molecule has 0 spiro atoms. The van der Waals surface area contributed by atoms with Gasteiger partial charge in [0.15, 0.2) is 0 Å². The van der Waals surface area contributed by atoms with Gasteiger partial charge in [-0.2, -0.15) is 16.9 Å². The van der Waals surface area contributed by atoms with Crippen LogP contribution in [0.25, 0.3) is 0 Å². The fraction of sp³-hybridized carbons (Fsp3) is 0.867. The van der Waals surface area contributed by atoms with Crippen LogP contribution in [-0.4, -0.2) is 39.4 Å². The molecule has 20 heavy (non-hydrogen) atoms. The summed E-state index contributed by atoms with van der Waals surface area (Å²) in [6.45, 7) is 5.41. The van der Waals surface area contributed by atoms with E-state index >= 15 is 0 Å². The van der Waals surface area contributed by atoms with Gasteiger partial charge in [0, 0.05) is 19.0 Å². The van der Waals surface area contributed by atoms with Gasteiger partial charge >= 0.3 is 0 Å². The number of thioether (sulfide) groups is 1. The highest BCUT2D eigenvalue weighted by Gasteiger charge is 2.20. The molecule has 0 radical (unpaired) electrons. The van der Waals surface area contributed by atoms with E-state index in [0.29, 0.717) is 12.0 Å². The Balaban J connectivity index is 1.90. The summed E-state index contributed by atoms with van der Waals surface area (Å²) in [5, 5.41) is 7.85. The second-order valence-electron chi connectivity index (χ2n) is 6.23. The van der Waals surface area contributed by atoms with Gasteiger partial charge in [0.05, 0.1) is 0 Å². The first-order chi connectivity index (χ1) is 9.69. The lowest BCUT2D eigenvalue weighted by Gasteiger charge is -2.26. The summed E-state index contributed by atoms with van der Waals surface area (Å²) in [6.07, 6.45) is 6.71. The van der Waals surface area contributed by atoms with Crippen molar-refractivity contribution in [3.05, 3.63) is 12.2 Å². The van der Waals surface area contributed by atoms with E-state index in [4.69, 9.17) is 0 Å². The molecule has 1 saturated heterocycles. The summed E-state index contributed by atoms with van der Waals surface area (Å²) < 4.78 is 2.08. The maximum Gasteiger partial charge on any atom is 0.138 e. The molecule has 1 N–H and O–H groups in total. The molecule has 0 bridgehead atoms. The smallest absolute Gasteiger partial charge is 0.138 e. The monoisotopic (exact) mass is 296 g/mol. The van der Waals surface area contributed by atoms with Crippen molar-refractivity contribution in [2.24, 2.45) is 11.8 Å². The zero-order valence-electron chi connectivity index (χ0n) is 13.0. The fourth-order valence-corrected chi connectivity index (χ4v) is 4.06. The van der Waals surface area contributed by atoms with Crippen LogP contribution in [0.15, 0.2) is 6.33 Å². The van der Waals surface area contributed by atoms with E-state index in [1.807, 2.05) is 0 Å². The minimum atomic E-state index is 0.526. The zero-order chi connectivity index (χ0) is 14.4. The molecule has 0 aromatic carbocycles. The maximum absolute atomic E-state index is 4.46. The second kappa shape index (κ2) is 8.03. The number of hydrogen-bond donors (Lipinski definition) is 1. The molecular formula is C15H28N4S. The number of rotatable bonds is 7. The van der Waals surface area contributed by atoms with Crippen molar-refractivity contribution in [2.45, 2.75) is 52.1 Å². The molecule has 2 rings (SSSR count). The van der Waals surface area contributed by atoms with Crippen LogP contribution in [0.3, 0.4) is 0 Å². The van der Waals surface area contributed by atoms with Crippen molar-refractivity contribution in [3.63, 3.8) is 0 Å². The molecule has 1 unspecified atom stereocenters. The Morgan fingerprint density at radius 3 is 2.80 bits per heavy atom. The van der Waals surface area contributed by atoms with E-state index in [0.717, 1.165) is 24.7 Å². The van der Waals surface area contributed by atoms with Gasteiger partial charge in [-0.25, -0.2) is 9.67 Å². The second-order valence-corrected chi connectivity index (χ2v) is 7.46. The van der Waals surface area contributed by atoms with E-state index in [9.17, 15) is 0 Å². The Kier molecular flexibility index (Phi) is 6.36. The van der Waals surface area contributed by atoms with Crippen LogP contribution in [0.5, 0.6) is 0 Å². The lowest BCUT2D eigenvalue weighted by atomic mass is 9.93. The van der Waals surface area contributed by atoms with Crippen LogP contribution in [0, 0.1) is 11.8 Å². The molecule has 1 aromatic rings. The Morgan fingerprint density at radius 1 is 1.40 bits per heavy atom. The van der Waals surface area contributed by atoms with Gasteiger partial charge in [0.2, 0.25) is 0 Å². The predicted octanol–water partition coefficient (Wildman–Crippen LogP) is 2.60. The van der Waals surface area contributed by atoms with Gasteiger partial charge in [-0.05, 0) is 49.7 Å². The first kappa shape index (κ1) is 15.8. The van der Waals surface area contributed by atoms with E-state index in [1.54, 1.807) is 6.33 Å². The van der Waals surface area contributed by atoms with E-state index < -0.39 is 0 Å². The highest BCUT2D eigenvalue weighted by Crippen LogP contribution is 2.26. The summed E-state index contributed by atoms with van der Waals surface area (Å²) in [6, 6.07) is 0.526. The SMILES string of the molecule is CNC(Cc1ncnn1CC(C)C)CC1CCSCC1. The van der Waals surface area contributed by atoms with E-state index in [2.05, 4.69) is 52.7 Å². The summed E-state index contributed by atoms with van der Waals surface area (Å²) in [7, 11) is 2.07. The minimum Gasteiger partial charge on any atom is -0.317 e. The number of nitrogens with zero attached hydrogens (tertiary/aromatic N) is 3. The lowest BCUT2D eigenvalue weighted by Crippen LogP contribution is -2.32. The van der Waals surface area contributed by atoms with Crippen LogP contribution in [-0.2, 0) is 13.0 Å². The molecule has 5 heteroatoms. The van der Waals surface area contributed by atoms with Gasteiger partial charge in [-0.15, -0.1) is 0 Å². The van der Waals surface area contributed by atoms with Crippen LogP contribution in [0.4, 0.5) is 0 Å². The Morgan fingerprint density at radius 2 is 2.15 bits per heavy atom. The van der Waals surface area contributed by atoms with Gasteiger partial charge in [0.25, 0.3) is 0 Å². The molecule has 1 aromatic heterocycles. The quantitative estimate of drug-likeness (QED) is 0.840. The number of aromatic nitrogens is 3. The van der Waals surface area contributed by atoms with Crippen molar-refractivity contribution >= 4 is 11.8 Å². The normalized spacial score (nSPS) is 18.6. The molecule has 1 aliphatic heterocycles. The Bertz CT molecular complexity index is 385. The molecule has 0 aliphatic carbocycles. The predicted molar refractivity (Wildman–Crippen MR) is 86.1 cm³/mol. The summed E-state index contributed by atoms with van der Waals surface area (Å²) in [5.41, 5.74) is 0. The molecule has 1 aliphatic rings. The molecular weight excluding hydrogens is 268 g/mol. The van der Waals surface area contributed by atoms with Crippen LogP contribution < -0.4 is 5.32 Å². The van der Waals surface area contributed by atoms with Gasteiger partial charge in [0.1, 0.15) is 12.2 Å².